The summed E-state index contributed by atoms with van der Waals surface area (Å²) in [6.45, 7) is 9.68. The van der Waals surface area contributed by atoms with Gasteiger partial charge in [-0.25, -0.2) is 4.79 Å². The van der Waals surface area contributed by atoms with E-state index in [1.807, 2.05) is 25.1 Å². The third-order valence-corrected chi connectivity index (χ3v) is 3.58. The first-order valence-electron chi connectivity index (χ1n) is 7.58. The zero-order valence-corrected chi connectivity index (χ0v) is 13.2. The molecule has 1 radical (unpaired) electrons. The van der Waals surface area contributed by atoms with Crippen LogP contribution in [0.2, 0.25) is 0 Å². The van der Waals surface area contributed by atoms with Gasteiger partial charge in [-0.1, -0.05) is 32.1 Å². The highest BCUT2D eigenvalue weighted by molar-refractivity contribution is 5.90. The largest absolute Gasteiger partial charge is 0.462 e. The van der Waals surface area contributed by atoms with Gasteiger partial charge in [-0.3, -0.25) is 4.90 Å². The quantitative estimate of drug-likeness (QED) is 0.775. The van der Waals surface area contributed by atoms with Crippen LogP contribution in [0.15, 0.2) is 30.3 Å². The van der Waals surface area contributed by atoms with E-state index in [9.17, 15) is 4.79 Å². The van der Waals surface area contributed by atoms with Gasteiger partial charge in [0.2, 0.25) is 0 Å². The fourth-order valence-corrected chi connectivity index (χ4v) is 2.62. The fraction of sp³-hybridized carbons (Fsp3) is 0.444. The molecule has 1 aromatic carbocycles. The lowest BCUT2D eigenvalue weighted by Gasteiger charge is -2.27. The highest BCUT2D eigenvalue weighted by atomic mass is 16.5. The molecule has 0 bridgehead atoms. The minimum Gasteiger partial charge on any atom is -0.462 e. The maximum Gasteiger partial charge on any atom is 0.338 e. The lowest BCUT2D eigenvalue weighted by Crippen LogP contribution is -2.31. The summed E-state index contributed by atoms with van der Waals surface area (Å²) in [5.74, 6) is 1.20. The molecule has 1 heterocycles. The lowest BCUT2D eigenvalue weighted by atomic mass is 9.97. The molecule has 0 N–H and O–H groups in total. The first-order chi connectivity index (χ1) is 10.1. The van der Waals surface area contributed by atoms with Crippen LogP contribution in [0.25, 0.3) is 5.57 Å². The Labute approximate surface area is 127 Å². The Morgan fingerprint density at radius 1 is 1.33 bits per heavy atom. The molecule has 0 atom stereocenters. The standard InChI is InChI=1S/C18H24NO2/c1-4-21-18(20)17-7-5-6-16(12-17)15-8-10-19(11-9-15)13-14(2)3/h5-8,12H,4,9-11,13H2,1-3H3. The van der Waals surface area contributed by atoms with Crippen molar-refractivity contribution in [2.24, 2.45) is 0 Å². The van der Waals surface area contributed by atoms with Crippen LogP contribution in [-0.4, -0.2) is 37.1 Å². The van der Waals surface area contributed by atoms with Crippen LogP contribution in [-0.2, 0) is 4.74 Å². The molecule has 0 spiro atoms. The number of carbonyl (C=O) groups excluding carboxylic acids is 1. The molecular weight excluding hydrogens is 262 g/mol. The van der Waals surface area contributed by atoms with E-state index < -0.39 is 0 Å². The van der Waals surface area contributed by atoms with Crippen LogP contribution < -0.4 is 0 Å². The number of rotatable bonds is 5. The molecule has 0 aliphatic carbocycles. The van der Waals surface area contributed by atoms with Crippen LogP contribution in [0.4, 0.5) is 0 Å². The van der Waals surface area contributed by atoms with Crippen molar-refractivity contribution in [2.45, 2.75) is 27.2 Å². The summed E-state index contributed by atoms with van der Waals surface area (Å²) >= 11 is 0. The van der Waals surface area contributed by atoms with E-state index in [1.165, 1.54) is 11.5 Å². The summed E-state index contributed by atoms with van der Waals surface area (Å²) in [6, 6.07) is 7.75. The Morgan fingerprint density at radius 2 is 2.14 bits per heavy atom. The third kappa shape index (κ3) is 4.43. The zero-order chi connectivity index (χ0) is 15.2. The van der Waals surface area contributed by atoms with Crippen molar-refractivity contribution in [2.75, 3.05) is 26.2 Å². The van der Waals surface area contributed by atoms with Gasteiger partial charge < -0.3 is 4.74 Å². The zero-order valence-electron chi connectivity index (χ0n) is 13.2. The summed E-state index contributed by atoms with van der Waals surface area (Å²) < 4.78 is 5.06. The third-order valence-electron chi connectivity index (χ3n) is 3.58. The Kier molecular flexibility index (Phi) is 5.57. The van der Waals surface area contributed by atoms with Gasteiger partial charge in [-0.2, -0.15) is 0 Å². The molecule has 21 heavy (non-hydrogen) atoms. The number of hydrogen-bond donors (Lipinski definition) is 0. The van der Waals surface area contributed by atoms with Crippen molar-refractivity contribution < 1.29 is 9.53 Å². The SMILES string of the molecule is CCOC(=O)c1cccc(C2=CCN(C[C](C)C)CC2)c1. The molecule has 1 aliphatic heterocycles. The first-order valence-corrected chi connectivity index (χ1v) is 7.58. The monoisotopic (exact) mass is 286 g/mol. The van der Waals surface area contributed by atoms with E-state index in [-0.39, 0.29) is 5.97 Å². The molecule has 0 aromatic heterocycles. The van der Waals surface area contributed by atoms with Gasteiger partial charge in [0.1, 0.15) is 0 Å². The van der Waals surface area contributed by atoms with Crippen LogP contribution in [0.3, 0.4) is 0 Å². The molecule has 0 saturated carbocycles. The van der Waals surface area contributed by atoms with E-state index in [0.29, 0.717) is 12.2 Å². The summed E-state index contributed by atoms with van der Waals surface area (Å²) in [6.07, 6.45) is 3.30. The molecule has 0 fully saturated rings. The van der Waals surface area contributed by atoms with E-state index in [4.69, 9.17) is 4.74 Å². The molecule has 0 amide bonds. The van der Waals surface area contributed by atoms with Crippen molar-refractivity contribution in [3.8, 4) is 0 Å². The predicted molar refractivity (Wildman–Crippen MR) is 86.0 cm³/mol. The first kappa shape index (κ1) is 15.8. The van der Waals surface area contributed by atoms with Gasteiger partial charge in [0.05, 0.1) is 12.2 Å². The maximum atomic E-state index is 11.8. The highest BCUT2D eigenvalue weighted by Crippen LogP contribution is 2.24. The van der Waals surface area contributed by atoms with Crippen molar-refractivity contribution in [1.29, 1.82) is 0 Å². The summed E-state index contributed by atoms with van der Waals surface area (Å²) in [5, 5.41) is 0. The minimum atomic E-state index is -0.242. The van der Waals surface area contributed by atoms with E-state index in [0.717, 1.165) is 31.6 Å². The molecule has 2 rings (SSSR count). The fourth-order valence-electron chi connectivity index (χ4n) is 2.62. The van der Waals surface area contributed by atoms with Gasteiger partial charge in [0.15, 0.2) is 0 Å². The number of carbonyl (C=O) groups is 1. The number of esters is 1. The average Bonchev–Trinajstić information content (AvgIpc) is 2.48. The summed E-state index contributed by atoms with van der Waals surface area (Å²) in [5.41, 5.74) is 3.10. The second kappa shape index (κ2) is 7.41. The van der Waals surface area contributed by atoms with Gasteiger partial charge in [0, 0.05) is 19.6 Å². The van der Waals surface area contributed by atoms with Crippen LogP contribution in [0.1, 0.15) is 43.1 Å². The van der Waals surface area contributed by atoms with Crippen molar-refractivity contribution in [3.63, 3.8) is 0 Å². The van der Waals surface area contributed by atoms with Crippen molar-refractivity contribution >= 4 is 11.5 Å². The Morgan fingerprint density at radius 3 is 2.76 bits per heavy atom. The minimum absolute atomic E-state index is 0.242. The number of nitrogens with zero attached hydrogens (tertiary/aromatic N) is 1. The molecule has 0 saturated heterocycles. The molecular formula is C18H24NO2. The van der Waals surface area contributed by atoms with Gasteiger partial charge in [-0.15, -0.1) is 0 Å². The Balaban J connectivity index is 2.07. The van der Waals surface area contributed by atoms with Crippen LogP contribution >= 0.6 is 0 Å². The summed E-state index contributed by atoms with van der Waals surface area (Å²) in [4.78, 5) is 14.2. The van der Waals surface area contributed by atoms with Crippen LogP contribution in [0, 0.1) is 5.92 Å². The predicted octanol–water partition coefficient (Wildman–Crippen LogP) is 3.57. The van der Waals surface area contributed by atoms with Crippen molar-refractivity contribution in [3.05, 3.63) is 47.4 Å². The second-order valence-electron chi connectivity index (χ2n) is 5.72. The molecule has 0 unspecified atom stereocenters. The van der Waals surface area contributed by atoms with E-state index in [2.05, 4.69) is 30.9 Å². The normalized spacial score (nSPS) is 15.9. The number of benzene rings is 1. The smallest absolute Gasteiger partial charge is 0.338 e. The topological polar surface area (TPSA) is 29.5 Å². The summed E-state index contributed by atoms with van der Waals surface area (Å²) in [7, 11) is 0. The van der Waals surface area contributed by atoms with Crippen molar-refractivity contribution in [1.82, 2.24) is 4.90 Å². The van der Waals surface area contributed by atoms with E-state index in [1.54, 1.807) is 0 Å². The second-order valence-corrected chi connectivity index (χ2v) is 5.72. The van der Waals surface area contributed by atoms with E-state index >= 15 is 0 Å². The Bertz CT molecular complexity index is 520. The van der Waals surface area contributed by atoms with Gasteiger partial charge in [0.25, 0.3) is 0 Å². The average molecular weight is 286 g/mol. The van der Waals surface area contributed by atoms with Crippen LogP contribution in [0.5, 0.6) is 0 Å². The molecule has 3 heteroatoms. The van der Waals surface area contributed by atoms with Gasteiger partial charge in [-0.05, 0) is 42.5 Å². The molecule has 1 aromatic rings. The van der Waals surface area contributed by atoms with Gasteiger partial charge >= 0.3 is 5.97 Å². The lowest BCUT2D eigenvalue weighted by molar-refractivity contribution is 0.0526. The Hall–Kier alpha value is -1.61. The maximum absolute atomic E-state index is 11.8. The highest BCUT2D eigenvalue weighted by Gasteiger charge is 2.15. The molecule has 113 valence electrons. The number of hydrogen-bond acceptors (Lipinski definition) is 3. The molecule has 3 nitrogen and oxygen atoms in total. The number of ether oxygens (including phenoxy) is 1. The molecule has 1 aliphatic rings.